The number of nitrogens with zero attached hydrogens (tertiary/aromatic N) is 2. The molecule has 0 amide bonds. The van der Waals surface area contributed by atoms with Gasteiger partial charge in [0, 0.05) is 13.1 Å². The van der Waals surface area contributed by atoms with E-state index in [0.717, 1.165) is 39.6 Å². The van der Waals surface area contributed by atoms with Crippen molar-refractivity contribution in [3.63, 3.8) is 0 Å². The molecule has 6 nitrogen and oxygen atoms in total. The number of ether oxygens (including phenoxy) is 2. The van der Waals surface area contributed by atoms with Gasteiger partial charge in [0.1, 0.15) is 17.3 Å². The molecule has 1 N–H and O–H groups in total. The van der Waals surface area contributed by atoms with E-state index in [0.29, 0.717) is 29.1 Å². The number of carbonyl (C=O) groups is 1. The molecule has 39 heavy (non-hydrogen) atoms. The van der Waals surface area contributed by atoms with Crippen molar-refractivity contribution >= 4 is 32.7 Å². The van der Waals surface area contributed by atoms with E-state index in [-0.39, 0.29) is 11.4 Å². The Bertz CT molecular complexity index is 1600. The summed E-state index contributed by atoms with van der Waals surface area (Å²) in [5.41, 5.74) is 4.67. The number of aromatic nitrogens is 1. The summed E-state index contributed by atoms with van der Waals surface area (Å²) in [7, 11) is 3.16. The lowest BCUT2D eigenvalue weighted by atomic mass is 10.0. The maximum absolute atomic E-state index is 14.4. The molecule has 0 spiro atoms. The van der Waals surface area contributed by atoms with Gasteiger partial charge in [-0.25, -0.2) is 14.2 Å². The van der Waals surface area contributed by atoms with E-state index in [9.17, 15) is 14.3 Å². The highest BCUT2D eigenvalue weighted by Gasteiger charge is 2.16. The summed E-state index contributed by atoms with van der Waals surface area (Å²) < 4.78 is 25.6. The van der Waals surface area contributed by atoms with E-state index < -0.39 is 5.97 Å². The first-order valence-electron chi connectivity index (χ1n) is 12.4. The van der Waals surface area contributed by atoms with E-state index >= 15 is 0 Å². The Balaban J connectivity index is 1.41. The molecule has 0 aliphatic carbocycles. The van der Waals surface area contributed by atoms with Crippen LogP contribution in [0, 0.1) is 5.82 Å². The standard InChI is InChI=1S/C31H27FN2O4S/c1-37-25-12-8-20(9-13-25)14-15-34(31-33-28-5-3-4-27(32)29(28)39-31)19-21-6-10-22(11-7-21)23-16-24(30(35)36)18-26(17-23)38-2/h3-13,16-18H,14-15,19H2,1-2H3,(H,35,36). The van der Waals surface area contributed by atoms with Gasteiger partial charge in [0.2, 0.25) is 0 Å². The molecule has 0 fully saturated rings. The van der Waals surface area contributed by atoms with Crippen molar-refractivity contribution in [2.75, 3.05) is 25.7 Å². The summed E-state index contributed by atoms with van der Waals surface area (Å²) in [6.45, 7) is 1.27. The van der Waals surface area contributed by atoms with Crippen LogP contribution in [0.4, 0.5) is 9.52 Å². The average Bonchev–Trinajstić information content (AvgIpc) is 3.41. The number of fused-ring (bicyclic) bond motifs is 1. The minimum absolute atomic E-state index is 0.168. The monoisotopic (exact) mass is 542 g/mol. The Morgan fingerprint density at radius 3 is 2.28 bits per heavy atom. The number of anilines is 1. The van der Waals surface area contributed by atoms with Crippen molar-refractivity contribution in [3.05, 3.63) is 107 Å². The fourth-order valence-electron chi connectivity index (χ4n) is 4.37. The topological polar surface area (TPSA) is 71.9 Å². The molecule has 198 valence electrons. The van der Waals surface area contributed by atoms with Gasteiger partial charge < -0.3 is 19.5 Å². The smallest absolute Gasteiger partial charge is 0.335 e. The Hall–Kier alpha value is -4.43. The van der Waals surface area contributed by atoms with Crippen LogP contribution in [-0.4, -0.2) is 36.8 Å². The van der Waals surface area contributed by atoms with Gasteiger partial charge >= 0.3 is 5.97 Å². The molecule has 0 radical (unpaired) electrons. The maximum Gasteiger partial charge on any atom is 0.335 e. The van der Waals surface area contributed by atoms with Gasteiger partial charge in [-0.2, -0.15) is 0 Å². The molecule has 5 aromatic rings. The van der Waals surface area contributed by atoms with Crippen LogP contribution in [0.25, 0.3) is 21.3 Å². The van der Waals surface area contributed by atoms with Gasteiger partial charge in [-0.05, 0) is 71.1 Å². The van der Waals surface area contributed by atoms with E-state index in [2.05, 4.69) is 4.90 Å². The van der Waals surface area contributed by atoms with Crippen LogP contribution < -0.4 is 14.4 Å². The average molecular weight is 543 g/mol. The Morgan fingerprint density at radius 2 is 1.62 bits per heavy atom. The van der Waals surface area contributed by atoms with Crippen LogP contribution in [0.1, 0.15) is 21.5 Å². The number of thiazole rings is 1. The third-order valence-corrected chi connectivity index (χ3v) is 7.65. The molecule has 5 rings (SSSR count). The number of benzene rings is 4. The summed E-state index contributed by atoms with van der Waals surface area (Å²) in [6.07, 6.45) is 0.780. The normalized spacial score (nSPS) is 10.9. The number of carboxylic acid groups (broad SMARTS) is 1. The Labute approximate surface area is 229 Å². The number of methoxy groups -OCH3 is 2. The molecule has 0 atom stereocenters. The summed E-state index contributed by atoms with van der Waals surface area (Å²) in [4.78, 5) is 18.4. The van der Waals surface area contributed by atoms with Crippen LogP contribution in [0.15, 0.2) is 84.9 Å². The zero-order valence-electron chi connectivity index (χ0n) is 21.6. The third kappa shape index (κ3) is 6.02. The minimum Gasteiger partial charge on any atom is -0.497 e. The van der Waals surface area contributed by atoms with E-state index in [1.807, 2.05) is 60.7 Å². The van der Waals surface area contributed by atoms with Gasteiger partial charge in [-0.3, -0.25) is 0 Å². The van der Waals surface area contributed by atoms with Crippen molar-refractivity contribution < 1.29 is 23.8 Å². The molecule has 8 heteroatoms. The van der Waals surface area contributed by atoms with Crippen molar-refractivity contribution in [2.24, 2.45) is 0 Å². The summed E-state index contributed by atoms with van der Waals surface area (Å²) >= 11 is 1.35. The van der Waals surface area contributed by atoms with Crippen LogP contribution in [0.2, 0.25) is 0 Å². The highest BCUT2D eigenvalue weighted by molar-refractivity contribution is 7.22. The van der Waals surface area contributed by atoms with E-state index in [4.69, 9.17) is 14.5 Å². The number of hydrogen-bond acceptors (Lipinski definition) is 6. The Kier molecular flexibility index (Phi) is 7.74. The van der Waals surface area contributed by atoms with Gasteiger partial charge in [0.15, 0.2) is 5.13 Å². The van der Waals surface area contributed by atoms with Crippen LogP contribution in [0.3, 0.4) is 0 Å². The van der Waals surface area contributed by atoms with Gasteiger partial charge in [-0.1, -0.05) is 53.8 Å². The number of rotatable bonds is 10. The van der Waals surface area contributed by atoms with Crippen LogP contribution >= 0.6 is 11.3 Å². The molecule has 0 bridgehead atoms. The molecule has 0 unspecified atom stereocenters. The lowest BCUT2D eigenvalue weighted by Gasteiger charge is -2.22. The van der Waals surface area contributed by atoms with E-state index in [1.165, 1.54) is 30.6 Å². The SMILES string of the molecule is COc1ccc(CCN(Cc2ccc(-c3cc(OC)cc(C(=O)O)c3)cc2)c2nc3cccc(F)c3s2)cc1. The summed E-state index contributed by atoms with van der Waals surface area (Å²) in [6, 6.07) is 25.9. The second-order valence-corrected chi connectivity index (χ2v) is 10.0. The fraction of sp³-hybridized carbons (Fsp3) is 0.161. The molecular formula is C31H27FN2O4S. The van der Waals surface area contributed by atoms with Crippen molar-refractivity contribution in [1.29, 1.82) is 0 Å². The Morgan fingerprint density at radius 1 is 0.897 bits per heavy atom. The number of hydrogen-bond donors (Lipinski definition) is 1. The molecule has 0 saturated heterocycles. The van der Waals surface area contributed by atoms with Crippen molar-refractivity contribution in [1.82, 2.24) is 4.98 Å². The second kappa shape index (κ2) is 11.5. The molecular weight excluding hydrogens is 515 g/mol. The number of aromatic carboxylic acids is 1. The minimum atomic E-state index is -1.01. The van der Waals surface area contributed by atoms with Crippen LogP contribution in [-0.2, 0) is 13.0 Å². The molecule has 0 aliphatic rings. The lowest BCUT2D eigenvalue weighted by molar-refractivity contribution is 0.0696. The first-order valence-corrected chi connectivity index (χ1v) is 13.2. The zero-order chi connectivity index (χ0) is 27.4. The van der Waals surface area contributed by atoms with Crippen molar-refractivity contribution in [2.45, 2.75) is 13.0 Å². The quantitative estimate of drug-likeness (QED) is 0.204. The highest BCUT2D eigenvalue weighted by Crippen LogP contribution is 2.32. The van der Waals surface area contributed by atoms with Gasteiger partial charge in [-0.15, -0.1) is 0 Å². The first-order chi connectivity index (χ1) is 18.9. The molecule has 0 aliphatic heterocycles. The van der Waals surface area contributed by atoms with Gasteiger partial charge in [0.25, 0.3) is 0 Å². The fourth-order valence-corrected chi connectivity index (χ4v) is 5.36. The summed E-state index contributed by atoms with van der Waals surface area (Å²) in [5.74, 6) is 0.0203. The number of carboxylic acids is 1. The molecule has 1 heterocycles. The largest absolute Gasteiger partial charge is 0.497 e. The van der Waals surface area contributed by atoms with Gasteiger partial charge in [0.05, 0.1) is 30.0 Å². The third-order valence-electron chi connectivity index (χ3n) is 6.51. The second-order valence-electron chi connectivity index (χ2n) is 9.06. The first kappa shape index (κ1) is 26.2. The number of halogens is 1. The molecule has 1 aromatic heterocycles. The summed E-state index contributed by atoms with van der Waals surface area (Å²) in [5, 5.41) is 10.2. The predicted octanol–water partition coefficient (Wildman–Crippen LogP) is 7.07. The van der Waals surface area contributed by atoms with Crippen molar-refractivity contribution in [3.8, 4) is 22.6 Å². The predicted molar refractivity (Wildman–Crippen MR) is 153 cm³/mol. The van der Waals surface area contributed by atoms with E-state index in [1.54, 1.807) is 19.2 Å². The zero-order valence-corrected chi connectivity index (χ0v) is 22.4. The molecule has 4 aromatic carbocycles. The van der Waals surface area contributed by atoms with Crippen LogP contribution in [0.5, 0.6) is 11.5 Å². The molecule has 0 saturated carbocycles. The highest BCUT2D eigenvalue weighted by atomic mass is 32.1. The lowest BCUT2D eigenvalue weighted by Crippen LogP contribution is -2.25. The maximum atomic E-state index is 14.4.